The van der Waals surface area contributed by atoms with Gasteiger partial charge in [-0.05, 0) is 46.9 Å². The minimum atomic E-state index is -0.118. The summed E-state index contributed by atoms with van der Waals surface area (Å²) in [5.74, 6) is 2.53. The number of carbonyl (C=O) groups is 1. The minimum absolute atomic E-state index is 0.118. The quantitative estimate of drug-likeness (QED) is 0.501. The second kappa shape index (κ2) is 9.52. The molecule has 1 aromatic heterocycles. The van der Waals surface area contributed by atoms with Crippen LogP contribution in [0.4, 0.5) is 0 Å². The standard InChI is InChI=1S/C25H28N2O2S/c1-18(2)30-16-20-8-11-24(28)22-10-9-21(14-23(20)22)29-25(15-27-13-12-26-17-27)19-6-4-3-5-7-19/h3-7,9-10,12-14,17-18,20,25H,8,11,15-16H2,1-2H3/p+1/t20?,25-/m1/s1. The number of aromatic nitrogens is 2. The van der Waals surface area contributed by atoms with Crippen molar-refractivity contribution in [1.82, 2.24) is 4.98 Å². The highest BCUT2D eigenvalue weighted by Crippen LogP contribution is 2.37. The number of hydrogen-bond acceptors (Lipinski definition) is 3. The van der Waals surface area contributed by atoms with Crippen molar-refractivity contribution in [2.75, 3.05) is 5.75 Å². The molecule has 2 atom stereocenters. The van der Waals surface area contributed by atoms with E-state index in [-0.39, 0.29) is 11.9 Å². The summed E-state index contributed by atoms with van der Waals surface area (Å²) in [6, 6.07) is 16.3. The van der Waals surface area contributed by atoms with Gasteiger partial charge in [-0.1, -0.05) is 44.2 Å². The van der Waals surface area contributed by atoms with Crippen LogP contribution >= 0.6 is 11.8 Å². The maximum Gasteiger partial charge on any atom is 0.241 e. The molecule has 0 saturated carbocycles. The fourth-order valence-electron chi connectivity index (χ4n) is 3.95. The van der Waals surface area contributed by atoms with Crippen LogP contribution in [0.5, 0.6) is 5.75 Å². The zero-order valence-electron chi connectivity index (χ0n) is 17.6. The van der Waals surface area contributed by atoms with E-state index in [0.717, 1.165) is 34.6 Å². The Kier molecular flexibility index (Phi) is 6.58. The van der Waals surface area contributed by atoms with Crippen molar-refractivity contribution in [3.8, 4) is 5.75 Å². The SMILES string of the molecule is CC(C)SCC1CCC(=O)c2ccc(O[C@H](C[n+]3cc[nH]c3)c3ccccc3)cc21. The molecular formula is C25H29N2O2S+. The van der Waals surface area contributed by atoms with Gasteiger partial charge in [-0.15, -0.1) is 0 Å². The molecule has 0 bridgehead atoms. The largest absolute Gasteiger partial charge is 0.482 e. The third-order valence-corrected chi connectivity index (χ3v) is 6.80. The maximum absolute atomic E-state index is 12.5. The summed E-state index contributed by atoms with van der Waals surface area (Å²) >= 11 is 1.96. The lowest BCUT2D eigenvalue weighted by molar-refractivity contribution is -0.702. The lowest BCUT2D eigenvalue weighted by atomic mass is 9.83. The van der Waals surface area contributed by atoms with E-state index in [1.807, 2.05) is 60.8 Å². The highest BCUT2D eigenvalue weighted by atomic mass is 32.2. The van der Waals surface area contributed by atoms with Gasteiger partial charge in [-0.3, -0.25) is 9.78 Å². The van der Waals surface area contributed by atoms with Gasteiger partial charge < -0.3 is 4.74 Å². The van der Waals surface area contributed by atoms with Crippen LogP contribution in [0.25, 0.3) is 0 Å². The fourth-order valence-corrected chi connectivity index (χ4v) is 4.91. The van der Waals surface area contributed by atoms with Crippen LogP contribution in [0.3, 0.4) is 0 Å². The number of thioether (sulfide) groups is 1. The normalized spacial score (nSPS) is 17.0. The molecule has 1 unspecified atom stereocenters. The van der Waals surface area contributed by atoms with E-state index in [9.17, 15) is 4.79 Å². The Labute approximate surface area is 182 Å². The maximum atomic E-state index is 12.5. The van der Waals surface area contributed by atoms with Gasteiger partial charge in [0.15, 0.2) is 11.9 Å². The van der Waals surface area contributed by atoms with Gasteiger partial charge >= 0.3 is 0 Å². The number of nitrogens with zero attached hydrogens (tertiary/aromatic N) is 1. The van der Waals surface area contributed by atoms with E-state index in [1.165, 1.54) is 0 Å². The van der Waals surface area contributed by atoms with E-state index in [2.05, 4.69) is 41.6 Å². The van der Waals surface area contributed by atoms with Gasteiger partial charge in [0.05, 0.1) is 0 Å². The lowest BCUT2D eigenvalue weighted by Gasteiger charge is -2.26. The van der Waals surface area contributed by atoms with E-state index >= 15 is 0 Å². The molecule has 0 amide bonds. The third kappa shape index (κ3) is 4.96. The summed E-state index contributed by atoms with van der Waals surface area (Å²) in [6.07, 6.45) is 7.30. The Morgan fingerprint density at radius 2 is 2.03 bits per heavy atom. The number of fused-ring (bicyclic) bond motifs is 1. The van der Waals surface area contributed by atoms with Gasteiger partial charge in [0.1, 0.15) is 24.7 Å². The molecule has 0 spiro atoms. The second-order valence-electron chi connectivity index (χ2n) is 8.12. The molecular weight excluding hydrogens is 392 g/mol. The van der Waals surface area contributed by atoms with Crippen LogP contribution in [0, 0.1) is 0 Å². The predicted octanol–water partition coefficient (Wildman–Crippen LogP) is 5.32. The summed E-state index contributed by atoms with van der Waals surface area (Å²) < 4.78 is 8.58. The first-order chi connectivity index (χ1) is 14.6. The first kappa shape index (κ1) is 20.7. The molecule has 156 valence electrons. The number of Topliss-reactive ketones (excluding diaryl/α,β-unsaturated/α-hetero) is 1. The molecule has 2 aromatic carbocycles. The Hall–Kier alpha value is -2.53. The van der Waals surface area contributed by atoms with Crippen molar-refractivity contribution in [1.29, 1.82) is 0 Å². The molecule has 1 N–H and O–H groups in total. The van der Waals surface area contributed by atoms with Crippen molar-refractivity contribution in [3.05, 3.63) is 83.9 Å². The number of nitrogens with one attached hydrogen (secondary N) is 1. The topological polar surface area (TPSA) is 46.0 Å². The molecule has 1 aliphatic rings. The van der Waals surface area contributed by atoms with Gasteiger partial charge in [0.2, 0.25) is 6.33 Å². The van der Waals surface area contributed by atoms with Gasteiger partial charge in [0.25, 0.3) is 0 Å². The van der Waals surface area contributed by atoms with Gasteiger partial charge in [0, 0.05) is 17.7 Å². The van der Waals surface area contributed by atoms with E-state index in [1.54, 1.807) is 0 Å². The number of carbonyl (C=O) groups excluding carboxylic acids is 1. The van der Waals surface area contributed by atoms with Crippen molar-refractivity contribution in [2.24, 2.45) is 0 Å². The zero-order chi connectivity index (χ0) is 20.9. The summed E-state index contributed by atoms with van der Waals surface area (Å²) in [6.45, 7) is 5.15. The highest BCUT2D eigenvalue weighted by molar-refractivity contribution is 7.99. The first-order valence-electron chi connectivity index (χ1n) is 10.6. The van der Waals surface area contributed by atoms with Crippen molar-refractivity contribution >= 4 is 17.5 Å². The summed E-state index contributed by atoms with van der Waals surface area (Å²) in [4.78, 5) is 15.6. The average Bonchev–Trinajstić information content (AvgIpc) is 3.26. The van der Waals surface area contributed by atoms with Crippen LogP contribution in [0.15, 0.2) is 67.3 Å². The Bertz CT molecular complexity index is 970. The number of aromatic amines is 1. The minimum Gasteiger partial charge on any atom is -0.482 e. The smallest absolute Gasteiger partial charge is 0.241 e. The predicted molar refractivity (Wildman–Crippen MR) is 121 cm³/mol. The second-order valence-corrected chi connectivity index (χ2v) is 9.72. The molecule has 30 heavy (non-hydrogen) atoms. The molecule has 3 aromatic rings. The number of H-pyrrole nitrogens is 1. The number of imidazole rings is 1. The summed E-state index contributed by atoms with van der Waals surface area (Å²) in [5.41, 5.74) is 3.16. The van der Waals surface area contributed by atoms with Crippen LogP contribution < -0.4 is 9.30 Å². The third-order valence-electron chi connectivity index (χ3n) is 5.54. The van der Waals surface area contributed by atoms with E-state index in [4.69, 9.17) is 4.74 Å². The molecule has 0 saturated heterocycles. The average molecular weight is 422 g/mol. The van der Waals surface area contributed by atoms with Crippen molar-refractivity contribution in [2.45, 2.75) is 50.5 Å². The zero-order valence-corrected chi connectivity index (χ0v) is 18.4. The molecule has 0 radical (unpaired) electrons. The number of hydrogen-bond donors (Lipinski definition) is 1. The number of rotatable bonds is 8. The molecule has 5 heteroatoms. The van der Waals surface area contributed by atoms with Crippen LogP contribution in [-0.2, 0) is 6.54 Å². The summed E-state index contributed by atoms with van der Waals surface area (Å²) in [7, 11) is 0. The van der Waals surface area contributed by atoms with Crippen LogP contribution in [0.2, 0.25) is 0 Å². The number of ketones is 1. The number of benzene rings is 2. The van der Waals surface area contributed by atoms with E-state index < -0.39 is 0 Å². The highest BCUT2D eigenvalue weighted by Gasteiger charge is 2.27. The monoisotopic (exact) mass is 421 g/mol. The molecule has 1 aliphatic carbocycles. The van der Waals surface area contributed by atoms with Crippen LogP contribution in [0.1, 0.15) is 60.2 Å². The van der Waals surface area contributed by atoms with E-state index in [0.29, 0.717) is 24.1 Å². The Morgan fingerprint density at radius 1 is 1.20 bits per heavy atom. The number of ether oxygens (including phenoxy) is 1. The van der Waals surface area contributed by atoms with Crippen LogP contribution in [-0.4, -0.2) is 21.8 Å². The summed E-state index contributed by atoms with van der Waals surface area (Å²) in [5, 5.41) is 0.589. The molecule has 4 rings (SSSR count). The molecule has 1 heterocycles. The van der Waals surface area contributed by atoms with Crippen molar-refractivity contribution in [3.63, 3.8) is 0 Å². The fraction of sp³-hybridized carbons (Fsp3) is 0.360. The van der Waals surface area contributed by atoms with Gasteiger partial charge in [-0.2, -0.15) is 11.8 Å². The molecule has 4 nitrogen and oxygen atoms in total. The first-order valence-corrected chi connectivity index (χ1v) is 11.7. The molecule has 0 fully saturated rings. The Balaban J connectivity index is 1.60. The lowest BCUT2D eigenvalue weighted by Crippen LogP contribution is -2.36. The van der Waals surface area contributed by atoms with Crippen molar-refractivity contribution < 1.29 is 14.1 Å². The Morgan fingerprint density at radius 3 is 2.77 bits per heavy atom. The van der Waals surface area contributed by atoms with Gasteiger partial charge in [-0.25, -0.2) is 4.57 Å². The molecule has 0 aliphatic heterocycles.